The van der Waals surface area contributed by atoms with Crippen molar-refractivity contribution in [1.82, 2.24) is 9.21 Å². The monoisotopic (exact) mass is 401 g/mol. The molecule has 28 heavy (non-hydrogen) atoms. The van der Waals surface area contributed by atoms with E-state index in [2.05, 4.69) is 4.90 Å². The summed E-state index contributed by atoms with van der Waals surface area (Å²) in [5.41, 5.74) is 2.83. The van der Waals surface area contributed by atoms with E-state index < -0.39 is 10.0 Å². The number of piperazine rings is 1. The molecule has 150 valence electrons. The molecule has 0 atom stereocenters. The fourth-order valence-corrected chi connectivity index (χ4v) is 4.52. The van der Waals surface area contributed by atoms with Gasteiger partial charge in [0, 0.05) is 52.4 Å². The van der Waals surface area contributed by atoms with E-state index in [9.17, 15) is 13.2 Å². The molecule has 1 amide bonds. The fraction of sp³-hybridized carbons (Fsp3) is 0.381. The lowest BCUT2D eigenvalue weighted by molar-refractivity contribution is -0.129. The SMILES string of the molecule is CC(=O)N1CCN(c2ccc(CN(C)S(=O)(=O)Cc3ccccc3)cc2)CC1. The van der Waals surface area contributed by atoms with E-state index in [0.29, 0.717) is 6.54 Å². The molecule has 2 aromatic rings. The molecular weight excluding hydrogens is 374 g/mol. The summed E-state index contributed by atoms with van der Waals surface area (Å²) < 4.78 is 26.6. The number of carbonyl (C=O) groups excluding carboxylic acids is 1. The van der Waals surface area contributed by atoms with Gasteiger partial charge in [0.15, 0.2) is 0 Å². The molecule has 1 aliphatic heterocycles. The van der Waals surface area contributed by atoms with E-state index in [4.69, 9.17) is 0 Å². The highest BCUT2D eigenvalue weighted by atomic mass is 32.2. The molecule has 0 aromatic heterocycles. The number of amides is 1. The van der Waals surface area contributed by atoms with Crippen LogP contribution >= 0.6 is 0 Å². The van der Waals surface area contributed by atoms with Crippen LogP contribution in [0.2, 0.25) is 0 Å². The van der Waals surface area contributed by atoms with Crippen LogP contribution in [0.15, 0.2) is 54.6 Å². The fourth-order valence-electron chi connectivity index (χ4n) is 3.34. The van der Waals surface area contributed by atoms with Crippen LogP contribution in [0.5, 0.6) is 0 Å². The van der Waals surface area contributed by atoms with E-state index in [1.807, 2.05) is 59.5 Å². The Morgan fingerprint density at radius 3 is 2.11 bits per heavy atom. The number of hydrogen-bond acceptors (Lipinski definition) is 4. The van der Waals surface area contributed by atoms with Crippen LogP contribution in [0.25, 0.3) is 0 Å². The Morgan fingerprint density at radius 1 is 0.929 bits per heavy atom. The van der Waals surface area contributed by atoms with E-state index in [1.54, 1.807) is 14.0 Å². The minimum atomic E-state index is -3.37. The molecule has 1 fully saturated rings. The predicted octanol–water partition coefficient (Wildman–Crippen LogP) is 2.32. The van der Waals surface area contributed by atoms with Crippen molar-refractivity contribution in [1.29, 1.82) is 0 Å². The van der Waals surface area contributed by atoms with E-state index >= 15 is 0 Å². The van der Waals surface area contributed by atoms with Crippen LogP contribution in [-0.4, -0.2) is 56.8 Å². The quantitative estimate of drug-likeness (QED) is 0.745. The van der Waals surface area contributed by atoms with Gasteiger partial charge in [0.05, 0.1) is 5.75 Å². The highest BCUT2D eigenvalue weighted by Gasteiger charge is 2.20. The maximum Gasteiger partial charge on any atom is 0.219 e. The summed E-state index contributed by atoms with van der Waals surface area (Å²) in [5, 5.41) is 0. The first-order chi connectivity index (χ1) is 13.3. The van der Waals surface area contributed by atoms with Crippen molar-refractivity contribution in [2.45, 2.75) is 19.2 Å². The lowest BCUT2D eigenvalue weighted by atomic mass is 10.2. The second-order valence-electron chi connectivity index (χ2n) is 7.16. The largest absolute Gasteiger partial charge is 0.368 e. The number of nitrogens with zero attached hydrogens (tertiary/aromatic N) is 3. The molecule has 0 saturated carbocycles. The minimum Gasteiger partial charge on any atom is -0.368 e. The standard InChI is InChI=1S/C21H27N3O3S/c1-18(25)23-12-14-24(15-13-23)21-10-8-19(9-11-21)16-22(2)28(26,27)17-20-6-4-3-5-7-20/h3-11H,12-17H2,1-2H3. The first-order valence-corrected chi connectivity index (χ1v) is 11.0. The van der Waals surface area contributed by atoms with Crippen LogP contribution < -0.4 is 4.90 Å². The Kier molecular flexibility index (Phi) is 6.36. The van der Waals surface area contributed by atoms with Crippen molar-refractivity contribution in [3.63, 3.8) is 0 Å². The summed E-state index contributed by atoms with van der Waals surface area (Å²) in [6.07, 6.45) is 0. The number of anilines is 1. The van der Waals surface area contributed by atoms with Crippen molar-refractivity contribution < 1.29 is 13.2 Å². The second kappa shape index (κ2) is 8.75. The molecule has 1 saturated heterocycles. The van der Waals surface area contributed by atoms with Crippen LogP contribution in [0, 0.1) is 0 Å². The maximum absolute atomic E-state index is 12.6. The normalized spacial score (nSPS) is 15.1. The highest BCUT2D eigenvalue weighted by molar-refractivity contribution is 7.88. The Balaban J connectivity index is 1.58. The summed E-state index contributed by atoms with van der Waals surface area (Å²) in [7, 11) is -1.75. The molecule has 0 N–H and O–H groups in total. The smallest absolute Gasteiger partial charge is 0.219 e. The number of benzene rings is 2. The number of rotatable bonds is 6. The Morgan fingerprint density at radius 2 is 1.54 bits per heavy atom. The lowest BCUT2D eigenvalue weighted by Crippen LogP contribution is -2.48. The van der Waals surface area contributed by atoms with Gasteiger partial charge >= 0.3 is 0 Å². The summed E-state index contributed by atoms with van der Waals surface area (Å²) in [6, 6.07) is 17.2. The zero-order chi connectivity index (χ0) is 20.1. The molecule has 1 aliphatic rings. The van der Waals surface area contributed by atoms with Crippen LogP contribution in [0.1, 0.15) is 18.1 Å². The van der Waals surface area contributed by atoms with E-state index in [0.717, 1.165) is 43.0 Å². The summed E-state index contributed by atoms with van der Waals surface area (Å²) in [4.78, 5) is 15.5. The van der Waals surface area contributed by atoms with Crippen molar-refractivity contribution >= 4 is 21.6 Å². The Labute approximate surface area is 167 Å². The Bertz CT molecular complexity index is 890. The van der Waals surface area contributed by atoms with Crippen molar-refractivity contribution in [3.05, 3.63) is 65.7 Å². The van der Waals surface area contributed by atoms with Gasteiger partial charge in [0.1, 0.15) is 0 Å². The lowest BCUT2D eigenvalue weighted by Gasteiger charge is -2.35. The molecule has 0 aliphatic carbocycles. The topological polar surface area (TPSA) is 60.9 Å². The molecule has 0 spiro atoms. The molecule has 6 nitrogen and oxygen atoms in total. The van der Waals surface area contributed by atoms with Gasteiger partial charge in [-0.1, -0.05) is 42.5 Å². The van der Waals surface area contributed by atoms with E-state index in [-0.39, 0.29) is 11.7 Å². The van der Waals surface area contributed by atoms with Gasteiger partial charge in [0.2, 0.25) is 15.9 Å². The summed E-state index contributed by atoms with van der Waals surface area (Å²) in [6.45, 7) is 5.03. The minimum absolute atomic E-state index is 0.00283. The van der Waals surface area contributed by atoms with Crippen LogP contribution in [0.3, 0.4) is 0 Å². The first kappa shape index (κ1) is 20.4. The molecule has 2 aromatic carbocycles. The maximum atomic E-state index is 12.6. The van der Waals surface area contributed by atoms with Gasteiger partial charge in [-0.3, -0.25) is 4.79 Å². The third-order valence-electron chi connectivity index (χ3n) is 5.10. The molecule has 0 unspecified atom stereocenters. The molecular formula is C21H27N3O3S. The van der Waals surface area contributed by atoms with Gasteiger partial charge < -0.3 is 9.80 Å². The summed E-state index contributed by atoms with van der Waals surface area (Å²) in [5.74, 6) is 0.123. The molecule has 1 heterocycles. The molecule has 7 heteroatoms. The van der Waals surface area contributed by atoms with Crippen molar-refractivity contribution in [2.24, 2.45) is 0 Å². The third kappa shape index (κ3) is 5.11. The number of hydrogen-bond donors (Lipinski definition) is 0. The molecule has 3 rings (SSSR count). The Hall–Kier alpha value is -2.38. The molecule has 0 bridgehead atoms. The average Bonchev–Trinajstić information content (AvgIpc) is 2.69. The zero-order valence-electron chi connectivity index (χ0n) is 16.4. The first-order valence-electron chi connectivity index (χ1n) is 9.42. The number of sulfonamides is 1. The van der Waals surface area contributed by atoms with Crippen LogP contribution in [0.4, 0.5) is 5.69 Å². The molecule has 0 radical (unpaired) electrons. The zero-order valence-corrected chi connectivity index (χ0v) is 17.2. The predicted molar refractivity (Wildman–Crippen MR) is 111 cm³/mol. The summed E-state index contributed by atoms with van der Waals surface area (Å²) >= 11 is 0. The van der Waals surface area contributed by atoms with E-state index in [1.165, 1.54) is 4.31 Å². The van der Waals surface area contributed by atoms with Crippen molar-refractivity contribution in [3.8, 4) is 0 Å². The van der Waals surface area contributed by atoms with Gasteiger partial charge in [-0.25, -0.2) is 12.7 Å². The highest BCUT2D eigenvalue weighted by Crippen LogP contribution is 2.19. The van der Waals surface area contributed by atoms with Gasteiger partial charge in [0.25, 0.3) is 0 Å². The van der Waals surface area contributed by atoms with Gasteiger partial charge in [-0.05, 0) is 23.3 Å². The average molecular weight is 402 g/mol. The van der Waals surface area contributed by atoms with Crippen molar-refractivity contribution in [2.75, 3.05) is 38.1 Å². The van der Waals surface area contributed by atoms with Gasteiger partial charge in [-0.2, -0.15) is 0 Å². The number of carbonyl (C=O) groups is 1. The second-order valence-corrected chi connectivity index (χ2v) is 9.23. The van der Waals surface area contributed by atoms with Gasteiger partial charge in [-0.15, -0.1) is 0 Å². The third-order valence-corrected chi connectivity index (χ3v) is 6.88. The van der Waals surface area contributed by atoms with Crippen LogP contribution in [-0.2, 0) is 27.1 Å².